The zero-order valence-corrected chi connectivity index (χ0v) is 15.6. The Balaban J connectivity index is 1.43. The number of fused-ring (bicyclic) bond motifs is 1. The first kappa shape index (κ1) is 16.6. The van der Waals surface area contributed by atoms with Gasteiger partial charge in [-0.05, 0) is 35.7 Å². The Morgan fingerprint density at radius 2 is 2.04 bits per heavy atom. The summed E-state index contributed by atoms with van der Waals surface area (Å²) in [6.07, 6.45) is 2.68. The van der Waals surface area contributed by atoms with Gasteiger partial charge in [0.2, 0.25) is 0 Å². The molecule has 1 aliphatic heterocycles. The summed E-state index contributed by atoms with van der Waals surface area (Å²) in [5.74, 6) is 1.36. The first-order valence-electron chi connectivity index (χ1n) is 8.01. The average Bonchev–Trinajstić information content (AvgIpc) is 3.19. The van der Waals surface area contributed by atoms with Gasteiger partial charge in [0.15, 0.2) is 5.13 Å². The largest absolute Gasteiger partial charge is 0.369 e. The number of hydrogen-bond acceptors (Lipinski definition) is 5. The number of halogens is 2. The highest BCUT2D eigenvalue weighted by Crippen LogP contribution is 2.36. The highest BCUT2D eigenvalue weighted by Gasteiger charge is 2.25. The van der Waals surface area contributed by atoms with Crippen LogP contribution in [0.1, 0.15) is 21.9 Å². The smallest absolute Gasteiger partial charge is 0.184 e. The van der Waals surface area contributed by atoms with Crippen molar-refractivity contribution in [3.05, 3.63) is 68.8 Å². The number of hydrogen-bond donors (Lipinski definition) is 2. The zero-order chi connectivity index (χ0) is 17.2. The summed E-state index contributed by atoms with van der Waals surface area (Å²) in [6.45, 7) is 1.58. The lowest BCUT2D eigenvalue weighted by Crippen LogP contribution is -2.04. The van der Waals surface area contributed by atoms with E-state index in [-0.39, 0.29) is 0 Å². The molecule has 0 radical (unpaired) electrons. The molecule has 0 fully saturated rings. The Morgan fingerprint density at radius 1 is 1.20 bits per heavy atom. The second-order valence-electron chi connectivity index (χ2n) is 5.94. The Morgan fingerprint density at radius 3 is 2.88 bits per heavy atom. The molecular formula is C18H16Cl2N4S. The van der Waals surface area contributed by atoms with Gasteiger partial charge in [-0.25, -0.2) is 9.97 Å². The van der Waals surface area contributed by atoms with E-state index in [0.29, 0.717) is 17.6 Å². The van der Waals surface area contributed by atoms with E-state index in [9.17, 15) is 0 Å². The van der Waals surface area contributed by atoms with Crippen molar-refractivity contribution in [2.45, 2.75) is 18.9 Å². The predicted molar refractivity (Wildman–Crippen MR) is 105 cm³/mol. The number of benzene rings is 1. The van der Waals surface area contributed by atoms with E-state index in [2.05, 4.69) is 26.7 Å². The maximum absolute atomic E-state index is 6.36. The van der Waals surface area contributed by atoms with Gasteiger partial charge in [-0.3, -0.25) is 0 Å². The number of pyridine rings is 1. The van der Waals surface area contributed by atoms with Crippen LogP contribution in [0.4, 0.5) is 10.9 Å². The van der Waals surface area contributed by atoms with E-state index in [4.69, 9.17) is 23.2 Å². The summed E-state index contributed by atoms with van der Waals surface area (Å²) in [5.41, 5.74) is 2.40. The van der Waals surface area contributed by atoms with Gasteiger partial charge in [0.05, 0.1) is 0 Å². The number of nitrogens with zero attached hydrogens (tertiary/aromatic N) is 2. The Kier molecular flexibility index (Phi) is 4.79. The standard InChI is InChI=1S/C18H16Cl2N4S/c19-13-5-3-11(4-6-13)9-23-18-24-16(20)15(25-18)8-12-10-22-17-14(12)2-1-7-21-17/h1-7,12H,8-10H2,(H,21,22)(H,23,24). The molecule has 3 aromatic rings. The second-order valence-corrected chi connectivity index (χ2v) is 7.81. The molecule has 0 spiro atoms. The average molecular weight is 391 g/mol. The van der Waals surface area contributed by atoms with Gasteiger partial charge in [0.25, 0.3) is 0 Å². The minimum Gasteiger partial charge on any atom is -0.369 e. The molecule has 4 nitrogen and oxygen atoms in total. The molecule has 0 bridgehead atoms. The van der Waals surface area contributed by atoms with Crippen molar-refractivity contribution < 1.29 is 0 Å². The molecular weight excluding hydrogens is 375 g/mol. The van der Waals surface area contributed by atoms with Gasteiger partial charge in [0.1, 0.15) is 11.0 Å². The summed E-state index contributed by atoms with van der Waals surface area (Å²) < 4.78 is 0. The van der Waals surface area contributed by atoms with Gasteiger partial charge in [-0.1, -0.05) is 41.4 Å². The fourth-order valence-corrected chi connectivity index (χ4v) is 4.33. The molecule has 0 saturated heterocycles. The SMILES string of the molecule is Clc1ccc(CNc2nc(Cl)c(CC3CNc4ncccc43)s2)cc1. The quantitative estimate of drug-likeness (QED) is 0.627. The lowest BCUT2D eigenvalue weighted by Gasteiger charge is -2.07. The van der Waals surface area contributed by atoms with Crippen molar-refractivity contribution in [1.82, 2.24) is 9.97 Å². The second kappa shape index (κ2) is 7.20. The number of aromatic nitrogens is 2. The molecule has 25 heavy (non-hydrogen) atoms. The van der Waals surface area contributed by atoms with Crippen molar-refractivity contribution in [3.8, 4) is 0 Å². The van der Waals surface area contributed by atoms with Crippen LogP contribution in [0, 0.1) is 0 Å². The molecule has 2 aromatic heterocycles. The fourth-order valence-electron chi connectivity index (χ4n) is 2.95. The van der Waals surface area contributed by atoms with E-state index in [0.717, 1.165) is 39.4 Å². The monoisotopic (exact) mass is 390 g/mol. The molecule has 0 amide bonds. The molecule has 1 atom stereocenters. The Bertz CT molecular complexity index is 879. The summed E-state index contributed by atoms with van der Waals surface area (Å²) >= 11 is 13.9. The number of rotatable bonds is 5. The zero-order valence-electron chi connectivity index (χ0n) is 13.3. The Hall–Kier alpha value is -1.82. The normalized spacial score (nSPS) is 15.7. The topological polar surface area (TPSA) is 49.8 Å². The minimum atomic E-state index is 0.380. The molecule has 128 valence electrons. The molecule has 1 aromatic carbocycles. The predicted octanol–water partition coefficient (Wildman–Crippen LogP) is 5.21. The maximum Gasteiger partial charge on any atom is 0.184 e. The van der Waals surface area contributed by atoms with Crippen LogP contribution in [-0.2, 0) is 13.0 Å². The van der Waals surface area contributed by atoms with Gasteiger partial charge < -0.3 is 10.6 Å². The van der Waals surface area contributed by atoms with Crippen LogP contribution >= 0.6 is 34.5 Å². The van der Waals surface area contributed by atoms with Gasteiger partial charge in [0, 0.05) is 35.1 Å². The first-order valence-corrected chi connectivity index (χ1v) is 9.58. The third-order valence-corrected chi connectivity index (χ3v) is 5.95. The van der Waals surface area contributed by atoms with Crippen LogP contribution in [-0.4, -0.2) is 16.5 Å². The van der Waals surface area contributed by atoms with Crippen LogP contribution in [0.3, 0.4) is 0 Å². The van der Waals surface area contributed by atoms with Crippen molar-refractivity contribution in [3.63, 3.8) is 0 Å². The number of nitrogens with one attached hydrogen (secondary N) is 2. The van der Waals surface area contributed by atoms with Crippen LogP contribution in [0.5, 0.6) is 0 Å². The lowest BCUT2D eigenvalue weighted by molar-refractivity contribution is 0.760. The van der Waals surface area contributed by atoms with Gasteiger partial charge in [-0.2, -0.15) is 0 Å². The fraction of sp³-hybridized carbons (Fsp3) is 0.222. The number of thiazole rings is 1. The minimum absolute atomic E-state index is 0.380. The first-order chi connectivity index (χ1) is 12.2. The maximum atomic E-state index is 6.36. The molecule has 1 aliphatic rings. The highest BCUT2D eigenvalue weighted by molar-refractivity contribution is 7.16. The molecule has 7 heteroatoms. The highest BCUT2D eigenvalue weighted by atomic mass is 35.5. The summed E-state index contributed by atoms with van der Waals surface area (Å²) in [7, 11) is 0. The number of anilines is 2. The van der Waals surface area contributed by atoms with E-state index in [1.165, 1.54) is 5.56 Å². The van der Waals surface area contributed by atoms with Crippen LogP contribution in [0.15, 0.2) is 42.6 Å². The summed E-state index contributed by atoms with van der Waals surface area (Å²) in [4.78, 5) is 9.92. The van der Waals surface area contributed by atoms with Crippen molar-refractivity contribution in [1.29, 1.82) is 0 Å². The third kappa shape index (κ3) is 3.73. The van der Waals surface area contributed by atoms with Crippen molar-refractivity contribution in [2.24, 2.45) is 0 Å². The molecule has 0 aliphatic carbocycles. The van der Waals surface area contributed by atoms with Gasteiger partial charge >= 0.3 is 0 Å². The van der Waals surface area contributed by atoms with Crippen molar-refractivity contribution >= 4 is 45.5 Å². The molecule has 3 heterocycles. The summed E-state index contributed by atoms with van der Waals surface area (Å²) in [6, 6.07) is 11.9. The lowest BCUT2D eigenvalue weighted by atomic mass is 9.99. The third-order valence-electron chi connectivity index (χ3n) is 4.23. The molecule has 1 unspecified atom stereocenters. The summed E-state index contributed by atoms with van der Waals surface area (Å²) in [5, 5.41) is 8.85. The van der Waals surface area contributed by atoms with Crippen LogP contribution < -0.4 is 10.6 Å². The van der Waals surface area contributed by atoms with E-state index in [1.54, 1.807) is 11.3 Å². The molecule has 2 N–H and O–H groups in total. The Labute approximate surface area is 160 Å². The van der Waals surface area contributed by atoms with E-state index >= 15 is 0 Å². The van der Waals surface area contributed by atoms with Crippen LogP contribution in [0.2, 0.25) is 10.2 Å². The van der Waals surface area contributed by atoms with E-state index < -0.39 is 0 Å². The van der Waals surface area contributed by atoms with E-state index in [1.807, 2.05) is 36.5 Å². The molecule has 0 saturated carbocycles. The molecule has 4 rings (SSSR count). The van der Waals surface area contributed by atoms with Crippen molar-refractivity contribution in [2.75, 3.05) is 17.2 Å². The van der Waals surface area contributed by atoms with Gasteiger partial charge in [-0.15, -0.1) is 11.3 Å². The van der Waals surface area contributed by atoms with Crippen LogP contribution in [0.25, 0.3) is 0 Å².